The monoisotopic (exact) mass is 639 g/mol. The summed E-state index contributed by atoms with van der Waals surface area (Å²) >= 11 is 1.89. The maximum Gasteiger partial charge on any atom is 0.0548 e. The van der Waals surface area contributed by atoms with Gasteiger partial charge in [0.2, 0.25) is 0 Å². The first-order valence-electron chi connectivity index (χ1n) is 17.0. The molecule has 0 spiro atoms. The second-order valence-electron chi connectivity index (χ2n) is 13.3. The van der Waals surface area contributed by atoms with Crippen LogP contribution in [0.25, 0.3) is 80.7 Å². The van der Waals surface area contributed by atoms with Crippen LogP contribution in [0.5, 0.6) is 0 Å². The molecule has 228 valence electrons. The Kier molecular flexibility index (Phi) is 5.67. The van der Waals surface area contributed by atoms with E-state index in [0.29, 0.717) is 0 Å². The number of nitrogens with zero attached hydrogens (tertiary/aromatic N) is 1. The van der Waals surface area contributed by atoms with E-state index in [1.165, 1.54) is 97.4 Å². The molecule has 8 aromatic carbocycles. The van der Waals surface area contributed by atoms with Gasteiger partial charge in [0.05, 0.1) is 11.0 Å². The largest absolute Gasteiger partial charge is 0.309 e. The van der Waals surface area contributed by atoms with Crippen molar-refractivity contribution in [3.05, 3.63) is 187 Å². The summed E-state index contributed by atoms with van der Waals surface area (Å²) < 4.78 is 5.13. The molecule has 1 aliphatic carbocycles. The van der Waals surface area contributed by atoms with Gasteiger partial charge in [0.15, 0.2) is 0 Å². The molecule has 11 rings (SSSR count). The van der Waals surface area contributed by atoms with Gasteiger partial charge < -0.3 is 4.57 Å². The Morgan fingerprint density at radius 3 is 2.08 bits per heavy atom. The van der Waals surface area contributed by atoms with Crippen molar-refractivity contribution < 1.29 is 0 Å². The Bertz CT molecular complexity index is 2940. The first-order chi connectivity index (χ1) is 24.3. The van der Waals surface area contributed by atoms with Crippen LogP contribution in [0.15, 0.2) is 170 Å². The number of rotatable bonds is 3. The summed E-state index contributed by atoms with van der Waals surface area (Å²) in [6, 6.07) is 63.2. The van der Waals surface area contributed by atoms with Crippen LogP contribution in [-0.4, -0.2) is 4.57 Å². The van der Waals surface area contributed by atoms with Gasteiger partial charge in [0.1, 0.15) is 0 Å². The molecule has 0 amide bonds. The van der Waals surface area contributed by atoms with E-state index in [1.807, 2.05) is 11.3 Å². The first-order valence-corrected chi connectivity index (χ1v) is 17.8. The zero-order valence-electron chi connectivity index (χ0n) is 26.6. The fourth-order valence-corrected chi connectivity index (χ4v) is 9.52. The maximum atomic E-state index is 2.47. The van der Waals surface area contributed by atoms with Crippen molar-refractivity contribution in [1.82, 2.24) is 4.57 Å². The lowest BCUT2D eigenvalue weighted by atomic mass is 9.89. The van der Waals surface area contributed by atoms with Crippen molar-refractivity contribution in [2.45, 2.75) is 5.92 Å². The summed E-state index contributed by atoms with van der Waals surface area (Å²) in [6.07, 6.45) is 0. The summed E-state index contributed by atoms with van der Waals surface area (Å²) in [4.78, 5) is 0. The van der Waals surface area contributed by atoms with Gasteiger partial charge in [-0.3, -0.25) is 0 Å². The Labute approximate surface area is 287 Å². The van der Waals surface area contributed by atoms with Crippen LogP contribution in [0, 0.1) is 0 Å². The van der Waals surface area contributed by atoms with E-state index in [4.69, 9.17) is 0 Å². The highest BCUT2D eigenvalue weighted by molar-refractivity contribution is 7.25. The maximum absolute atomic E-state index is 2.47. The standard InChI is InChI=1S/C47H29NS/c1-2-11-30(12-3-1)47-37-16-7-6-14-35(37)39-25-32(19-22-38(39)47)33-20-23-43-40(26-33)41-28-46-42(36-15-8-9-17-45(36)49-46)27-44(41)48(43)34-21-18-29-10-4-5-13-31(29)24-34/h1-28,47H. The Hall–Kier alpha value is -5.96. The van der Waals surface area contributed by atoms with Gasteiger partial charge in [0, 0.05) is 42.6 Å². The zero-order valence-corrected chi connectivity index (χ0v) is 27.4. The Morgan fingerprint density at radius 1 is 0.408 bits per heavy atom. The Morgan fingerprint density at radius 2 is 1.14 bits per heavy atom. The quantitative estimate of drug-likeness (QED) is 0.181. The van der Waals surface area contributed by atoms with Crippen molar-refractivity contribution in [1.29, 1.82) is 0 Å². The number of fused-ring (bicyclic) bond motifs is 10. The zero-order chi connectivity index (χ0) is 32.1. The fourth-order valence-electron chi connectivity index (χ4n) is 8.40. The van der Waals surface area contributed by atoms with E-state index in [1.54, 1.807) is 0 Å². The lowest BCUT2D eigenvalue weighted by Gasteiger charge is -2.14. The van der Waals surface area contributed by atoms with E-state index in [-0.39, 0.29) is 5.92 Å². The van der Waals surface area contributed by atoms with Crippen LogP contribution in [0.4, 0.5) is 0 Å². The summed E-state index contributed by atoms with van der Waals surface area (Å²) in [5.74, 6) is 0.257. The number of hydrogen-bond acceptors (Lipinski definition) is 1. The predicted molar refractivity (Wildman–Crippen MR) is 209 cm³/mol. The molecule has 0 bridgehead atoms. The molecule has 49 heavy (non-hydrogen) atoms. The molecule has 1 aliphatic rings. The van der Waals surface area contributed by atoms with Crippen molar-refractivity contribution in [3.8, 4) is 27.9 Å². The fraction of sp³-hybridized carbons (Fsp3) is 0.0213. The minimum Gasteiger partial charge on any atom is -0.309 e. The van der Waals surface area contributed by atoms with Crippen LogP contribution >= 0.6 is 11.3 Å². The molecule has 1 unspecified atom stereocenters. The molecule has 2 heterocycles. The van der Waals surface area contributed by atoms with Gasteiger partial charge >= 0.3 is 0 Å². The van der Waals surface area contributed by atoms with E-state index in [9.17, 15) is 0 Å². The van der Waals surface area contributed by atoms with Crippen LogP contribution in [-0.2, 0) is 0 Å². The average molecular weight is 640 g/mol. The third-order valence-electron chi connectivity index (χ3n) is 10.6. The van der Waals surface area contributed by atoms with Gasteiger partial charge in [-0.1, -0.05) is 121 Å². The third kappa shape index (κ3) is 3.99. The molecule has 0 saturated carbocycles. The minimum atomic E-state index is 0.257. The smallest absolute Gasteiger partial charge is 0.0548 e. The molecule has 1 atom stereocenters. The highest BCUT2D eigenvalue weighted by atomic mass is 32.1. The second kappa shape index (κ2) is 10.3. The summed E-state index contributed by atoms with van der Waals surface area (Å²) in [6.45, 7) is 0. The third-order valence-corrected chi connectivity index (χ3v) is 11.8. The van der Waals surface area contributed by atoms with Crippen molar-refractivity contribution in [2.75, 3.05) is 0 Å². The van der Waals surface area contributed by atoms with Crippen LogP contribution < -0.4 is 0 Å². The molecule has 2 heteroatoms. The SMILES string of the molecule is c1ccc(C2c3ccccc3-c3cc(-c4ccc5c(c4)c4cc6sc7ccccc7c6cc4n5-c4ccc5ccccc5c4)ccc32)cc1. The van der Waals surface area contributed by atoms with Gasteiger partial charge in [-0.05, 0) is 98.2 Å². The number of aromatic nitrogens is 1. The topological polar surface area (TPSA) is 4.93 Å². The van der Waals surface area contributed by atoms with Gasteiger partial charge in [-0.15, -0.1) is 11.3 Å². The van der Waals surface area contributed by atoms with Crippen molar-refractivity contribution in [2.24, 2.45) is 0 Å². The summed E-state index contributed by atoms with van der Waals surface area (Å²) in [7, 11) is 0. The molecule has 10 aromatic rings. The van der Waals surface area contributed by atoms with Gasteiger partial charge in [-0.2, -0.15) is 0 Å². The Balaban J connectivity index is 1.15. The lowest BCUT2D eigenvalue weighted by molar-refractivity contribution is 1.02. The van der Waals surface area contributed by atoms with E-state index in [2.05, 4.69) is 174 Å². The van der Waals surface area contributed by atoms with E-state index in [0.717, 1.165) is 0 Å². The van der Waals surface area contributed by atoms with E-state index < -0.39 is 0 Å². The normalized spacial score (nSPS) is 13.9. The minimum absolute atomic E-state index is 0.257. The molecule has 2 aromatic heterocycles. The number of thiophene rings is 1. The second-order valence-corrected chi connectivity index (χ2v) is 14.4. The summed E-state index contributed by atoms with van der Waals surface area (Å²) in [5, 5.41) is 7.73. The average Bonchev–Trinajstić information content (AvgIpc) is 3.80. The molecule has 0 fully saturated rings. The molecule has 0 N–H and O–H groups in total. The van der Waals surface area contributed by atoms with Crippen molar-refractivity contribution in [3.63, 3.8) is 0 Å². The summed E-state index contributed by atoms with van der Waals surface area (Å²) in [5.41, 5.74) is 13.0. The molecule has 0 radical (unpaired) electrons. The van der Waals surface area contributed by atoms with Gasteiger partial charge in [-0.25, -0.2) is 0 Å². The highest BCUT2D eigenvalue weighted by Crippen LogP contribution is 2.49. The van der Waals surface area contributed by atoms with Crippen LogP contribution in [0.1, 0.15) is 22.6 Å². The first kappa shape index (κ1) is 27.0. The predicted octanol–water partition coefficient (Wildman–Crippen LogP) is 13.1. The number of benzene rings is 8. The van der Waals surface area contributed by atoms with Crippen LogP contribution in [0.2, 0.25) is 0 Å². The molecule has 0 aliphatic heterocycles. The highest BCUT2D eigenvalue weighted by Gasteiger charge is 2.30. The van der Waals surface area contributed by atoms with Crippen molar-refractivity contribution >= 4 is 64.1 Å². The molecular weight excluding hydrogens is 611 g/mol. The number of hydrogen-bond donors (Lipinski definition) is 0. The lowest BCUT2D eigenvalue weighted by Crippen LogP contribution is -1.98. The van der Waals surface area contributed by atoms with Crippen LogP contribution in [0.3, 0.4) is 0 Å². The van der Waals surface area contributed by atoms with Gasteiger partial charge in [0.25, 0.3) is 0 Å². The molecule has 1 nitrogen and oxygen atoms in total. The molecule has 0 saturated heterocycles. The van der Waals surface area contributed by atoms with E-state index >= 15 is 0 Å². The molecular formula is C47H29NS.